The molecule has 100 valence electrons. The van der Waals surface area contributed by atoms with Crippen LogP contribution in [0.1, 0.15) is 5.56 Å². The molecule has 3 nitrogen and oxygen atoms in total. The Balaban J connectivity index is 2.27. The summed E-state index contributed by atoms with van der Waals surface area (Å²) >= 11 is 0. The first kappa shape index (κ1) is 13.5. The van der Waals surface area contributed by atoms with Gasteiger partial charge in [0.2, 0.25) is 0 Å². The van der Waals surface area contributed by atoms with Crippen molar-refractivity contribution in [3.05, 3.63) is 59.9 Å². The minimum absolute atomic E-state index is 0.120. The van der Waals surface area contributed by atoms with Gasteiger partial charge >= 0.3 is 10.2 Å². The standard InChI is InChI=1S/C13H10F2O3S/c14-12-7-6-10(9-19(15,16)17)8-13(12)18-11-4-2-1-3-5-11/h1-8H,9H2. The second-order valence-electron chi connectivity index (χ2n) is 3.86. The normalized spacial score (nSPS) is 11.3. The van der Waals surface area contributed by atoms with Gasteiger partial charge in [0.05, 0.1) is 0 Å². The van der Waals surface area contributed by atoms with E-state index in [9.17, 15) is 16.7 Å². The van der Waals surface area contributed by atoms with Crippen LogP contribution in [0.25, 0.3) is 0 Å². The molecule has 0 atom stereocenters. The highest BCUT2D eigenvalue weighted by atomic mass is 32.3. The molecule has 0 spiro atoms. The van der Waals surface area contributed by atoms with E-state index in [0.29, 0.717) is 5.75 Å². The summed E-state index contributed by atoms with van der Waals surface area (Å²) in [5, 5.41) is 0. The third-order valence-corrected chi connectivity index (χ3v) is 2.98. The van der Waals surface area contributed by atoms with Crippen LogP contribution in [-0.2, 0) is 16.0 Å². The van der Waals surface area contributed by atoms with Gasteiger partial charge in [-0.3, -0.25) is 0 Å². The zero-order chi connectivity index (χ0) is 13.9. The molecule has 6 heteroatoms. The summed E-state index contributed by atoms with van der Waals surface area (Å²) in [5.74, 6) is -1.20. The van der Waals surface area contributed by atoms with Crippen LogP contribution in [0.2, 0.25) is 0 Å². The van der Waals surface area contributed by atoms with Crippen molar-refractivity contribution in [3.63, 3.8) is 0 Å². The van der Waals surface area contributed by atoms with E-state index in [2.05, 4.69) is 0 Å². The summed E-state index contributed by atoms with van der Waals surface area (Å²) in [4.78, 5) is 0. The van der Waals surface area contributed by atoms with Crippen LogP contribution < -0.4 is 4.74 Å². The number of benzene rings is 2. The fourth-order valence-electron chi connectivity index (χ4n) is 1.53. The van der Waals surface area contributed by atoms with Crippen molar-refractivity contribution in [3.8, 4) is 11.5 Å². The molecule has 0 aliphatic heterocycles. The molecule has 2 aromatic carbocycles. The van der Waals surface area contributed by atoms with E-state index in [0.717, 1.165) is 6.07 Å². The minimum atomic E-state index is -4.66. The van der Waals surface area contributed by atoms with Crippen LogP contribution in [-0.4, -0.2) is 8.42 Å². The Morgan fingerprint density at radius 1 is 1.05 bits per heavy atom. The highest BCUT2D eigenvalue weighted by Crippen LogP contribution is 2.26. The van der Waals surface area contributed by atoms with Gasteiger partial charge in [0.15, 0.2) is 11.6 Å². The predicted molar refractivity (Wildman–Crippen MR) is 66.6 cm³/mol. The topological polar surface area (TPSA) is 43.4 Å². The molecular formula is C13H10F2O3S. The monoisotopic (exact) mass is 284 g/mol. The maximum Gasteiger partial charge on any atom is 0.306 e. The maximum absolute atomic E-state index is 13.5. The van der Waals surface area contributed by atoms with E-state index in [4.69, 9.17) is 4.74 Å². The zero-order valence-electron chi connectivity index (χ0n) is 9.71. The number of halogens is 2. The highest BCUT2D eigenvalue weighted by molar-refractivity contribution is 7.85. The Morgan fingerprint density at radius 3 is 2.37 bits per heavy atom. The average Bonchev–Trinajstić information content (AvgIpc) is 2.33. The third kappa shape index (κ3) is 4.03. The molecule has 0 amide bonds. The Kier molecular flexibility index (Phi) is 3.80. The molecular weight excluding hydrogens is 274 g/mol. The lowest BCUT2D eigenvalue weighted by atomic mass is 10.2. The van der Waals surface area contributed by atoms with E-state index in [-0.39, 0.29) is 11.3 Å². The largest absolute Gasteiger partial charge is 0.454 e. The Hall–Kier alpha value is -1.95. The van der Waals surface area contributed by atoms with Gasteiger partial charge in [-0.05, 0) is 29.8 Å². The van der Waals surface area contributed by atoms with E-state index in [1.165, 1.54) is 12.1 Å². The summed E-state index contributed by atoms with van der Waals surface area (Å²) in [6.07, 6.45) is 0. The number of hydrogen-bond donors (Lipinski definition) is 0. The quantitative estimate of drug-likeness (QED) is 0.808. The average molecular weight is 284 g/mol. The van der Waals surface area contributed by atoms with E-state index in [1.54, 1.807) is 30.3 Å². The van der Waals surface area contributed by atoms with Gasteiger partial charge in [-0.2, -0.15) is 8.42 Å². The Bertz CT molecular complexity index is 670. The summed E-state index contributed by atoms with van der Waals surface area (Å²) in [6.45, 7) is 0. The number of ether oxygens (including phenoxy) is 1. The Morgan fingerprint density at radius 2 is 1.74 bits per heavy atom. The molecule has 0 heterocycles. The first-order chi connectivity index (χ1) is 8.94. The predicted octanol–water partition coefficient (Wildman–Crippen LogP) is 3.42. The minimum Gasteiger partial charge on any atom is -0.454 e. The molecule has 0 aliphatic carbocycles. The molecule has 0 bridgehead atoms. The number of rotatable bonds is 4. The van der Waals surface area contributed by atoms with E-state index in [1.807, 2.05) is 0 Å². The van der Waals surface area contributed by atoms with Crippen LogP contribution in [0, 0.1) is 5.82 Å². The fraction of sp³-hybridized carbons (Fsp3) is 0.0769. The van der Waals surface area contributed by atoms with Gasteiger partial charge < -0.3 is 4.74 Å². The molecule has 2 rings (SSSR count). The van der Waals surface area contributed by atoms with Crippen molar-refractivity contribution in [1.82, 2.24) is 0 Å². The fourth-order valence-corrected chi connectivity index (χ4v) is 2.11. The van der Waals surface area contributed by atoms with E-state index < -0.39 is 21.8 Å². The van der Waals surface area contributed by atoms with Crippen LogP contribution in [0.5, 0.6) is 11.5 Å². The number of hydrogen-bond acceptors (Lipinski definition) is 3. The first-order valence-corrected chi connectivity index (χ1v) is 6.93. The molecule has 0 fully saturated rings. The maximum atomic E-state index is 13.5. The van der Waals surface area contributed by atoms with Gasteiger partial charge in [0.25, 0.3) is 0 Å². The lowest BCUT2D eigenvalue weighted by Crippen LogP contribution is -1.97. The van der Waals surface area contributed by atoms with Crippen molar-refractivity contribution in [2.75, 3.05) is 0 Å². The smallest absolute Gasteiger partial charge is 0.306 e. The number of para-hydroxylation sites is 1. The third-order valence-electron chi connectivity index (χ3n) is 2.31. The molecule has 0 saturated heterocycles. The second-order valence-corrected chi connectivity index (χ2v) is 5.23. The molecule has 19 heavy (non-hydrogen) atoms. The summed E-state index contributed by atoms with van der Waals surface area (Å²) in [5.41, 5.74) is 0.120. The summed E-state index contributed by atoms with van der Waals surface area (Å²) in [7, 11) is -4.66. The molecule has 0 saturated carbocycles. The Labute approximate surface area is 109 Å². The summed E-state index contributed by atoms with van der Waals surface area (Å²) < 4.78 is 52.5. The molecule has 0 N–H and O–H groups in total. The van der Waals surface area contributed by atoms with Gasteiger partial charge in [0.1, 0.15) is 11.5 Å². The molecule has 2 aromatic rings. The van der Waals surface area contributed by atoms with Gasteiger partial charge in [0, 0.05) is 0 Å². The molecule has 0 unspecified atom stereocenters. The zero-order valence-corrected chi connectivity index (χ0v) is 10.5. The van der Waals surface area contributed by atoms with Crippen LogP contribution in [0.3, 0.4) is 0 Å². The first-order valence-electron chi connectivity index (χ1n) is 5.38. The van der Waals surface area contributed by atoms with E-state index >= 15 is 0 Å². The molecule has 0 radical (unpaired) electrons. The molecule has 0 aromatic heterocycles. The van der Waals surface area contributed by atoms with Gasteiger partial charge in [-0.25, -0.2) is 4.39 Å². The second kappa shape index (κ2) is 5.36. The lowest BCUT2D eigenvalue weighted by molar-refractivity contribution is 0.441. The highest BCUT2D eigenvalue weighted by Gasteiger charge is 2.12. The molecule has 0 aliphatic rings. The van der Waals surface area contributed by atoms with Crippen molar-refractivity contribution >= 4 is 10.2 Å². The summed E-state index contributed by atoms with van der Waals surface area (Å²) in [6, 6.07) is 11.8. The van der Waals surface area contributed by atoms with Crippen LogP contribution in [0.15, 0.2) is 48.5 Å². The van der Waals surface area contributed by atoms with Crippen molar-refractivity contribution in [2.45, 2.75) is 5.75 Å². The van der Waals surface area contributed by atoms with Gasteiger partial charge in [-0.1, -0.05) is 24.3 Å². The van der Waals surface area contributed by atoms with Crippen molar-refractivity contribution in [1.29, 1.82) is 0 Å². The van der Waals surface area contributed by atoms with Gasteiger partial charge in [-0.15, -0.1) is 3.89 Å². The lowest BCUT2D eigenvalue weighted by Gasteiger charge is -2.08. The van der Waals surface area contributed by atoms with Crippen LogP contribution >= 0.6 is 0 Å². The van der Waals surface area contributed by atoms with Crippen molar-refractivity contribution < 1.29 is 21.4 Å². The SMILES string of the molecule is O=S(=O)(F)Cc1ccc(F)c(Oc2ccccc2)c1. The van der Waals surface area contributed by atoms with Crippen molar-refractivity contribution in [2.24, 2.45) is 0 Å². The van der Waals surface area contributed by atoms with Crippen LogP contribution in [0.4, 0.5) is 8.28 Å².